The molecule has 0 amide bonds. The van der Waals surface area contributed by atoms with Crippen molar-refractivity contribution in [1.29, 1.82) is 0 Å². The third-order valence-electron chi connectivity index (χ3n) is 4.33. The second kappa shape index (κ2) is 12.2. The number of benzene rings is 1. The highest BCUT2D eigenvalue weighted by molar-refractivity contribution is 5.96. The topological polar surface area (TPSA) is 44.8 Å². The summed E-state index contributed by atoms with van der Waals surface area (Å²) in [7, 11) is 3.27. The number of carbonyl (C=O) groups is 1. The minimum absolute atomic E-state index is 0.0598. The van der Waals surface area contributed by atoms with Crippen LogP contribution in [0.15, 0.2) is 30.3 Å². The summed E-state index contributed by atoms with van der Waals surface area (Å²) >= 11 is 0. The summed E-state index contributed by atoms with van der Waals surface area (Å²) in [5.41, 5.74) is 0.700. The van der Waals surface area contributed by atoms with Crippen LogP contribution in [0.5, 0.6) is 0 Å². The number of carbonyl (C=O) groups excluding carboxylic acids is 1. The molecule has 0 heterocycles. The number of hydrogen-bond acceptors (Lipinski definition) is 4. The second-order valence-electron chi connectivity index (χ2n) is 7.03. The fourth-order valence-corrected chi connectivity index (χ4v) is 2.87. The van der Waals surface area contributed by atoms with Crippen LogP contribution in [0.1, 0.15) is 56.8 Å². The fraction of sp³-hybridized carbons (Fsp3) is 0.667. The predicted octanol–water partition coefficient (Wildman–Crippen LogP) is 4.52. The summed E-state index contributed by atoms with van der Waals surface area (Å²) in [4.78, 5) is 12.5. The van der Waals surface area contributed by atoms with Crippen LogP contribution >= 0.6 is 0 Å². The first-order chi connectivity index (χ1) is 12.0. The lowest BCUT2D eigenvalue weighted by molar-refractivity contribution is -0.111. The zero-order valence-electron chi connectivity index (χ0n) is 16.4. The lowest BCUT2D eigenvalue weighted by Gasteiger charge is -2.28. The van der Waals surface area contributed by atoms with Gasteiger partial charge in [0.25, 0.3) is 0 Å². The zero-order valence-corrected chi connectivity index (χ0v) is 16.4. The Labute approximate surface area is 152 Å². The molecule has 1 aromatic carbocycles. The monoisotopic (exact) mass is 350 g/mol. The van der Waals surface area contributed by atoms with Gasteiger partial charge < -0.3 is 14.2 Å². The van der Waals surface area contributed by atoms with Crippen molar-refractivity contribution in [3.05, 3.63) is 35.9 Å². The fourth-order valence-electron chi connectivity index (χ4n) is 2.87. The van der Waals surface area contributed by atoms with Crippen LogP contribution in [0, 0.1) is 5.92 Å². The van der Waals surface area contributed by atoms with E-state index < -0.39 is 0 Å². The van der Waals surface area contributed by atoms with Gasteiger partial charge in [-0.2, -0.15) is 0 Å². The summed E-state index contributed by atoms with van der Waals surface area (Å²) in [6, 6.07) is 9.30. The lowest BCUT2D eigenvalue weighted by Crippen LogP contribution is -2.38. The van der Waals surface area contributed by atoms with Crippen LogP contribution in [-0.4, -0.2) is 44.9 Å². The number of ketones is 1. The summed E-state index contributed by atoms with van der Waals surface area (Å²) < 4.78 is 17.0. The molecule has 3 unspecified atom stereocenters. The maximum Gasteiger partial charge on any atom is 0.165 e. The molecule has 3 atom stereocenters. The number of methoxy groups -OCH3 is 2. The van der Waals surface area contributed by atoms with Gasteiger partial charge >= 0.3 is 0 Å². The van der Waals surface area contributed by atoms with Crippen LogP contribution in [-0.2, 0) is 14.2 Å². The Kier molecular flexibility index (Phi) is 10.6. The quantitative estimate of drug-likeness (QED) is 0.491. The second-order valence-corrected chi connectivity index (χ2v) is 7.03. The Hall–Kier alpha value is -1.23. The molecule has 0 bridgehead atoms. The molecule has 4 heteroatoms. The third kappa shape index (κ3) is 8.61. The van der Waals surface area contributed by atoms with Crippen molar-refractivity contribution in [2.75, 3.05) is 20.8 Å². The van der Waals surface area contributed by atoms with Gasteiger partial charge in [0.2, 0.25) is 0 Å². The van der Waals surface area contributed by atoms with Crippen molar-refractivity contribution in [2.45, 2.75) is 64.8 Å². The van der Waals surface area contributed by atoms with Gasteiger partial charge in [-0.15, -0.1) is 0 Å². The van der Waals surface area contributed by atoms with E-state index in [1.807, 2.05) is 30.3 Å². The Bertz CT molecular complexity index is 472. The molecular formula is C21H34O4. The van der Waals surface area contributed by atoms with Crippen molar-refractivity contribution in [3.63, 3.8) is 0 Å². The molecule has 0 aliphatic carbocycles. The van der Waals surface area contributed by atoms with Crippen molar-refractivity contribution >= 4 is 5.78 Å². The Morgan fingerprint density at radius 3 is 2.24 bits per heavy atom. The van der Waals surface area contributed by atoms with Gasteiger partial charge in [0.1, 0.15) is 6.10 Å². The summed E-state index contributed by atoms with van der Waals surface area (Å²) in [6.07, 6.45) is 3.16. The largest absolute Gasteiger partial charge is 0.382 e. The molecule has 0 saturated carbocycles. The molecule has 1 aromatic rings. The van der Waals surface area contributed by atoms with Crippen molar-refractivity contribution < 1.29 is 19.0 Å². The Morgan fingerprint density at radius 2 is 1.68 bits per heavy atom. The molecule has 1 rings (SSSR count). The van der Waals surface area contributed by atoms with E-state index in [4.69, 9.17) is 14.2 Å². The molecule has 25 heavy (non-hydrogen) atoms. The average Bonchev–Trinajstić information content (AvgIpc) is 2.59. The Balaban J connectivity index is 2.61. The molecule has 142 valence electrons. The van der Waals surface area contributed by atoms with E-state index in [-0.39, 0.29) is 30.5 Å². The van der Waals surface area contributed by atoms with Gasteiger partial charge in [-0.05, 0) is 19.3 Å². The highest BCUT2D eigenvalue weighted by Crippen LogP contribution is 2.17. The number of Topliss-reactive ketones (excluding diaryl/α,β-unsaturated/α-hetero) is 1. The van der Waals surface area contributed by atoms with Crippen LogP contribution < -0.4 is 0 Å². The Morgan fingerprint density at radius 1 is 1.00 bits per heavy atom. The first-order valence-electron chi connectivity index (χ1n) is 9.23. The maximum absolute atomic E-state index is 12.5. The molecule has 0 aromatic heterocycles. The molecule has 0 spiro atoms. The van der Waals surface area contributed by atoms with E-state index >= 15 is 0 Å². The molecule has 0 fully saturated rings. The number of ether oxygens (including phenoxy) is 3. The maximum atomic E-state index is 12.5. The predicted molar refractivity (Wildman–Crippen MR) is 101 cm³/mol. The summed E-state index contributed by atoms with van der Waals surface area (Å²) in [5.74, 6) is 0.766. The van der Waals surface area contributed by atoms with Gasteiger partial charge in [0, 0.05) is 26.2 Å². The minimum atomic E-state index is -0.319. The van der Waals surface area contributed by atoms with E-state index in [1.54, 1.807) is 14.2 Å². The molecule has 0 radical (unpaired) electrons. The summed E-state index contributed by atoms with van der Waals surface area (Å²) in [5, 5.41) is 0. The van der Waals surface area contributed by atoms with Crippen molar-refractivity contribution in [1.82, 2.24) is 0 Å². The highest BCUT2D eigenvalue weighted by Gasteiger charge is 2.27. The van der Waals surface area contributed by atoms with E-state index in [2.05, 4.69) is 20.8 Å². The third-order valence-corrected chi connectivity index (χ3v) is 4.33. The zero-order chi connectivity index (χ0) is 18.7. The molecular weight excluding hydrogens is 316 g/mol. The molecule has 4 nitrogen and oxygen atoms in total. The van der Waals surface area contributed by atoms with Gasteiger partial charge in [0.15, 0.2) is 5.78 Å². The van der Waals surface area contributed by atoms with Crippen LogP contribution in [0.2, 0.25) is 0 Å². The van der Waals surface area contributed by atoms with Gasteiger partial charge in [-0.1, -0.05) is 57.0 Å². The smallest absolute Gasteiger partial charge is 0.165 e. The SMILES string of the molecule is COCC(OC(C)CCCC(C)C)C(CC(=O)c1ccccc1)OC. The van der Waals surface area contributed by atoms with Gasteiger partial charge in [0.05, 0.1) is 18.8 Å². The molecule has 0 saturated heterocycles. The number of rotatable bonds is 13. The van der Waals surface area contributed by atoms with Crippen LogP contribution in [0.3, 0.4) is 0 Å². The van der Waals surface area contributed by atoms with E-state index in [1.165, 1.54) is 6.42 Å². The highest BCUT2D eigenvalue weighted by atomic mass is 16.6. The van der Waals surface area contributed by atoms with E-state index in [0.717, 1.165) is 12.8 Å². The average molecular weight is 350 g/mol. The molecule has 0 aliphatic heterocycles. The minimum Gasteiger partial charge on any atom is -0.382 e. The van der Waals surface area contributed by atoms with E-state index in [0.29, 0.717) is 18.1 Å². The normalized spacial score (nSPS) is 15.1. The standard InChI is InChI=1S/C21H34O4/c1-16(2)10-9-11-17(3)25-21(15-23-4)20(24-5)14-19(22)18-12-7-6-8-13-18/h6-8,12-13,16-17,20-21H,9-11,14-15H2,1-5H3. The van der Waals surface area contributed by atoms with Crippen molar-refractivity contribution in [2.24, 2.45) is 5.92 Å². The van der Waals surface area contributed by atoms with Crippen LogP contribution in [0.4, 0.5) is 0 Å². The first-order valence-corrected chi connectivity index (χ1v) is 9.23. The van der Waals surface area contributed by atoms with Crippen LogP contribution in [0.25, 0.3) is 0 Å². The van der Waals surface area contributed by atoms with Crippen molar-refractivity contribution in [3.8, 4) is 0 Å². The molecule has 0 N–H and O–H groups in total. The molecule has 0 aliphatic rings. The number of hydrogen-bond donors (Lipinski definition) is 0. The van der Waals surface area contributed by atoms with Gasteiger partial charge in [-0.25, -0.2) is 0 Å². The van der Waals surface area contributed by atoms with Gasteiger partial charge in [-0.3, -0.25) is 4.79 Å². The lowest BCUT2D eigenvalue weighted by atomic mass is 10.0. The first kappa shape index (κ1) is 21.8. The summed E-state index contributed by atoms with van der Waals surface area (Å²) in [6.45, 7) is 6.95. The van der Waals surface area contributed by atoms with E-state index in [9.17, 15) is 4.79 Å².